The van der Waals surface area contributed by atoms with E-state index in [2.05, 4.69) is 88.3 Å². The number of fused-ring (bicyclic) bond motifs is 3. The van der Waals surface area contributed by atoms with E-state index in [1.165, 1.54) is 0 Å². The molecule has 0 fully saturated rings. The summed E-state index contributed by atoms with van der Waals surface area (Å²) in [6.45, 7) is 7.45. The van der Waals surface area contributed by atoms with E-state index in [1.54, 1.807) is 0 Å². The fourth-order valence-corrected chi connectivity index (χ4v) is 8.21. The second-order valence-corrected chi connectivity index (χ2v) is 15.2. The third-order valence-electron chi connectivity index (χ3n) is 11.3. The molecular weight excluding hydrogens is 771 g/mol. The molecule has 0 aliphatic rings. The predicted molar refractivity (Wildman–Crippen MR) is 254 cm³/mol. The van der Waals surface area contributed by atoms with Crippen LogP contribution < -0.4 is 0 Å². The van der Waals surface area contributed by atoms with Crippen molar-refractivity contribution >= 4 is 27.5 Å². The van der Waals surface area contributed by atoms with Gasteiger partial charge >= 0.3 is 0 Å². The first-order chi connectivity index (χ1) is 31.2. The third-order valence-corrected chi connectivity index (χ3v) is 11.3. The van der Waals surface area contributed by atoms with Crippen LogP contribution >= 0.6 is 0 Å². The minimum absolute atomic E-state index is 0.548. The molecule has 3 heterocycles. The standard InChI is InChI=1S/C56H35N7/c1-57-44-30-26-37(27-31-44)42-28-32-51-46(34-42)45-24-14-15-25-50(45)63(51)52-33-29-43(56-61-54(40-20-10-4-11-21-40)60-55(62-56)41-22-12-5-13-23-41)35-47(52)49-36-48(38-16-6-2-7-17-38)58-53(59-49)39-18-8-3-9-19-39/h2-36H. The van der Waals surface area contributed by atoms with Crippen LogP contribution in [0.15, 0.2) is 212 Å². The molecule has 3 aromatic heterocycles. The molecule has 0 amide bonds. The maximum absolute atomic E-state index is 7.45. The van der Waals surface area contributed by atoms with Crippen LogP contribution in [0.25, 0.3) is 112 Å². The van der Waals surface area contributed by atoms with Crippen LogP contribution in [0.2, 0.25) is 0 Å². The number of hydrogen-bond donors (Lipinski definition) is 0. The van der Waals surface area contributed by atoms with E-state index in [1.807, 2.05) is 133 Å². The van der Waals surface area contributed by atoms with Gasteiger partial charge in [0.1, 0.15) is 0 Å². The van der Waals surface area contributed by atoms with Gasteiger partial charge in [-0.05, 0) is 53.6 Å². The van der Waals surface area contributed by atoms with Gasteiger partial charge in [-0.3, -0.25) is 0 Å². The molecule has 7 heteroatoms. The highest BCUT2D eigenvalue weighted by Crippen LogP contribution is 2.40. The first kappa shape index (κ1) is 37.2. The molecule has 0 atom stereocenters. The molecule has 0 radical (unpaired) electrons. The topological polar surface area (TPSA) is 73.7 Å². The zero-order valence-electron chi connectivity index (χ0n) is 33.8. The molecule has 8 aromatic carbocycles. The van der Waals surface area contributed by atoms with Crippen molar-refractivity contribution in [2.24, 2.45) is 0 Å². The summed E-state index contributed by atoms with van der Waals surface area (Å²) in [5, 5.41) is 2.24. The summed E-state index contributed by atoms with van der Waals surface area (Å²) in [6, 6.07) is 71.9. The Hall–Kier alpha value is -8.86. The molecule has 7 nitrogen and oxygen atoms in total. The number of benzene rings is 8. The lowest BCUT2D eigenvalue weighted by molar-refractivity contribution is 1.07. The Morgan fingerprint density at radius 1 is 0.333 bits per heavy atom. The molecule has 0 bridgehead atoms. The Balaban J connectivity index is 1.18. The van der Waals surface area contributed by atoms with Crippen LogP contribution in [0.1, 0.15) is 0 Å². The third kappa shape index (κ3) is 7.08. The summed E-state index contributed by atoms with van der Waals surface area (Å²) in [5.41, 5.74) is 12.8. The van der Waals surface area contributed by atoms with Crippen molar-refractivity contribution in [1.29, 1.82) is 0 Å². The summed E-state index contributed by atoms with van der Waals surface area (Å²) in [6.07, 6.45) is 0. The quantitative estimate of drug-likeness (QED) is 0.143. The van der Waals surface area contributed by atoms with Crippen molar-refractivity contribution in [3.05, 3.63) is 224 Å². The number of nitrogens with zero attached hydrogens (tertiary/aromatic N) is 7. The molecule has 0 N–H and O–H groups in total. The minimum Gasteiger partial charge on any atom is -0.309 e. The predicted octanol–water partition coefficient (Wildman–Crippen LogP) is 14.0. The van der Waals surface area contributed by atoms with Gasteiger partial charge in [0.25, 0.3) is 0 Å². The molecule has 0 saturated carbocycles. The SMILES string of the molecule is [C-]#[N+]c1ccc(-c2ccc3c(c2)c2ccccc2n3-c2ccc(-c3nc(-c4ccccc4)nc(-c4ccccc4)n3)cc2-c2cc(-c3ccccc3)nc(-c3ccccc3)n2)cc1. The van der Waals surface area contributed by atoms with Gasteiger partial charge < -0.3 is 4.57 Å². The Morgan fingerprint density at radius 2 is 0.810 bits per heavy atom. The summed E-state index contributed by atoms with van der Waals surface area (Å²) < 4.78 is 2.33. The molecule has 11 rings (SSSR count). The Kier molecular flexibility index (Phi) is 9.41. The summed E-state index contributed by atoms with van der Waals surface area (Å²) in [4.78, 5) is 29.3. The molecule has 0 aliphatic carbocycles. The lowest BCUT2D eigenvalue weighted by Gasteiger charge is -2.17. The van der Waals surface area contributed by atoms with E-state index in [0.717, 1.165) is 83.4 Å². The lowest BCUT2D eigenvalue weighted by atomic mass is 10.0. The summed E-state index contributed by atoms with van der Waals surface area (Å²) >= 11 is 0. The molecule has 0 aliphatic heterocycles. The smallest absolute Gasteiger partial charge is 0.187 e. The average Bonchev–Trinajstić information content (AvgIpc) is 3.70. The number of para-hydroxylation sites is 1. The van der Waals surface area contributed by atoms with Crippen molar-refractivity contribution in [1.82, 2.24) is 29.5 Å². The fourth-order valence-electron chi connectivity index (χ4n) is 8.21. The van der Waals surface area contributed by atoms with E-state index < -0.39 is 0 Å². The van der Waals surface area contributed by atoms with E-state index >= 15 is 0 Å². The first-order valence-electron chi connectivity index (χ1n) is 20.7. The fraction of sp³-hybridized carbons (Fsp3) is 0. The summed E-state index contributed by atoms with van der Waals surface area (Å²) in [7, 11) is 0. The highest BCUT2D eigenvalue weighted by Gasteiger charge is 2.21. The molecule has 0 unspecified atom stereocenters. The van der Waals surface area contributed by atoms with Gasteiger partial charge in [0.15, 0.2) is 29.0 Å². The molecule has 63 heavy (non-hydrogen) atoms. The molecule has 294 valence electrons. The highest BCUT2D eigenvalue weighted by molar-refractivity contribution is 6.11. The van der Waals surface area contributed by atoms with Gasteiger partial charge in [-0.2, -0.15) is 0 Å². The monoisotopic (exact) mass is 805 g/mol. The summed E-state index contributed by atoms with van der Waals surface area (Å²) in [5.74, 6) is 2.35. The Bertz CT molecular complexity index is 3370. The molecule has 0 spiro atoms. The van der Waals surface area contributed by atoms with Gasteiger partial charge in [0.2, 0.25) is 0 Å². The maximum Gasteiger partial charge on any atom is 0.187 e. The normalized spacial score (nSPS) is 11.2. The zero-order chi connectivity index (χ0) is 42.1. The van der Waals surface area contributed by atoms with Crippen molar-refractivity contribution in [2.45, 2.75) is 0 Å². The molecular formula is C56H35N7. The van der Waals surface area contributed by atoms with Crippen LogP contribution in [0.5, 0.6) is 0 Å². The first-order valence-corrected chi connectivity index (χ1v) is 20.7. The lowest BCUT2D eigenvalue weighted by Crippen LogP contribution is -2.03. The van der Waals surface area contributed by atoms with Crippen molar-refractivity contribution in [2.75, 3.05) is 0 Å². The van der Waals surface area contributed by atoms with Crippen molar-refractivity contribution in [3.8, 4) is 84.9 Å². The van der Waals surface area contributed by atoms with Gasteiger partial charge in [-0.15, -0.1) is 0 Å². The zero-order valence-corrected chi connectivity index (χ0v) is 33.8. The Morgan fingerprint density at radius 3 is 1.41 bits per heavy atom. The van der Waals surface area contributed by atoms with E-state index in [-0.39, 0.29) is 0 Å². The highest BCUT2D eigenvalue weighted by atomic mass is 15.0. The van der Waals surface area contributed by atoms with Crippen LogP contribution in [0.3, 0.4) is 0 Å². The van der Waals surface area contributed by atoms with Crippen LogP contribution in [0.4, 0.5) is 5.69 Å². The second-order valence-electron chi connectivity index (χ2n) is 15.2. The molecule has 0 saturated heterocycles. The van der Waals surface area contributed by atoms with Crippen LogP contribution in [-0.2, 0) is 0 Å². The minimum atomic E-state index is 0.548. The number of hydrogen-bond acceptors (Lipinski definition) is 5. The maximum atomic E-state index is 7.45. The van der Waals surface area contributed by atoms with Gasteiger partial charge in [0.05, 0.1) is 34.7 Å². The van der Waals surface area contributed by atoms with E-state index in [9.17, 15) is 0 Å². The molecule has 11 aromatic rings. The van der Waals surface area contributed by atoms with Gasteiger partial charge in [-0.25, -0.2) is 29.8 Å². The van der Waals surface area contributed by atoms with Crippen molar-refractivity contribution in [3.63, 3.8) is 0 Å². The van der Waals surface area contributed by atoms with Gasteiger partial charge in [-0.1, -0.05) is 170 Å². The van der Waals surface area contributed by atoms with Gasteiger partial charge in [0, 0.05) is 44.2 Å². The average molecular weight is 806 g/mol. The van der Waals surface area contributed by atoms with Crippen molar-refractivity contribution < 1.29 is 0 Å². The van der Waals surface area contributed by atoms with E-state index in [0.29, 0.717) is 29.0 Å². The largest absolute Gasteiger partial charge is 0.309 e. The van der Waals surface area contributed by atoms with E-state index in [4.69, 9.17) is 31.5 Å². The van der Waals surface area contributed by atoms with Crippen LogP contribution in [0, 0.1) is 6.57 Å². The second kappa shape index (κ2) is 16.0. The van der Waals surface area contributed by atoms with Crippen LogP contribution in [-0.4, -0.2) is 29.5 Å². The number of aromatic nitrogens is 6. The number of rotatable bonds is 8. The Labute approximate surface area is 364 Å².